The van der Waals surface area contributed by atoms with Gasteiger partial charge < -0.3 is 15.3 Å². The average molecular weight is 381 g/mol. The zero-order valence-corrected chi connectivity index (χ0v) is 17.4. The fraction of sp³-hybridized carbons (Fsp3) is 1.00. The van der Waals surface area contributed by atoms with Gasteiger partial charge in [0, 0.05) is 5.92 Å². The molecule has 3 fully saturated rings. The summed E-state index contributed by atoms with van der Waals surface area (Å²) < 4.78 is 0. The maximum absolute atomic E-state index is 11.2. The lowest BCUT2D eigenvalue weighted by molar-refractivity contribution is -0.0920. The standard InChI is InChI=1S/C24H44O3/c25-22(17-19-12-6-2-7-13-19)24(27)21(16-18-10-4-1-5-11-18)23(26)20-14-8-3-9-15-20/h18-27H,1-17H2/t21-,22-,23?,24?/m1/s1. The van der Waals surface area contributed by atoms with Crippen molar-refractivity contribution in [1.82, 2.24) is 0 Å². The largest absolute Gasteiger partial charge is 0.392 e. The van der Waals surface area contributed by atoms with E-state index in [9.17, 15) is 15.3 Å². The summed E-state index contributed by atoms with van der Waals surface area (Å²) in [4.78, 5) is 0. The summed E-state index contributed by atoms with van der Waals surface area (Å²) in [6.45, 7) is 0. The maximum Gasteiger partial charge on any atom is 0.0852 e. The molecule has 0 aromatic heterocycles. The Labute approximate surface area is 166 Å². The van der Waals surface area contributed by atoms with E-state index in [1.54, 1.807) is 0 Å². The lowest BCUT2D eigenvalue weighted by Crippen LogP contribution is -2.45. The van der Waals surface area contributed by atoms with Crippen molar-refractivity contribution in [3.8, 4) is 0 Å². The first-order valence-corrected chi connectivity index (χ1v) is 12.2. The molecule has 0 aliphatic heterocycles. The van der Waals surface area contributed by atoms with Crippen molar-refractivity contribution in [2.75, 3.05) is 0 Å². The van der Waals surface area contributed by atoms with Gasteiger partial charge in [-0.05, 0) is 43.4 Å². The van der Waals surface area contributed by atoms with Crippen LogP contribution in [-0.4, -0.2) is 33.6 Å². The van der Waals surface area contributed by atoms with E-state index in [1.807, 2.05) is 0 Å². The van der Waals surface area contributed by atoms with E-state index in [0.29, 0.717) is 17.8 Å². The molecule has 158 valence electrons. The van der Waals surface area contributed by atoms with Gasteiger partial charge in [0.15, 0.2) is 0 Å². The van der Waals surface area contributed by atoms with Crippen LogP contribution in [0.15, 0.2) is 0 Å². The molecule has 0 amide bonds. The normalized spacial score (nSPS) is 28.6. The van der Waals surface area contributed by atoms with Crippen LogP contribution in [0.3, 0.4) is 0 Å². The van der Waals surface area contributed by atoms with Gasteiger partial charge in [-0.3, -0.25) is 0 Å². The van der Waals surface area contributed by atoms with Crippen LogP contribution in [-0.2, 0) is 0 Å². The van der Waals surface area contributed by atoms with Crippen molar-refractivity contribution >= 4 is 0 Å². The Bertz CT molecular complexity index is 394. The van der Waals surface area contributed by atoms with Crippen molar-refractivity contribution in [3.05, 3.63) is 0 Å². The zero-order chi connectivity index (χ0) is 19.1. The quantitative estimate of drug-likeness (QED) is 0.542. The first-order chi connectivity index (χ1) is 13.1. The lowest BCUT2D eigenvalue weighted by atomic mass is 9.72. The summed E-state index contributed by atoms with van der Waals surface area (Å²) in [5, 5.41) is 33.2. The topological polar surface area (TPSA) is 60.7 Å². The molecule has 0 aromatic carbocycles. The molecule has 27 heavy (non-hydrogen) atoms. The highest BCUT2D eigenvalue weighted by molar-refractivity contribution is 4.89. The monoisotopic (exact) mass is 380 g/mol. The smallest absolute Gasteiger partial charge is 0.0852 e. The van der Waals surface area contributed by atoms with Gasteiger partial charge in [0.05, 0.1) is 18.3 Å². The molecular formula is C24H44O3. The van der Waals surface area contributed by atoms with E-state index < -0.39 is 18.3 Å². The lowest BCUT2D eigenvalue weighted by Gasteiger charge is -2.39. The maximum atomic E-state index is 11.2. The van der Waals surface area contributed by atoms with Crippen LogP contribution in [0.5, 0.6) is 0 Å². The molecule has 3 nitrogen and oxygen atoms in total. The summed E-state index contributed by atoms with van der Waals surface area (Å²) >= 11 is 0. The minimum absolute atomic E-state index is 0.144. The fourth-order valence-electron chi connectivity index (χ4n) is 6.30. The minimum Gasteiger partial charge on any atom is -0.392 e. The minimum atomic E-state index is -0.759. The van der Waals surface area contributed by atoms with Crippen LogP contribution in [0.2, 0.25) is 0 Å². The molecule has 3 aliphatic rings. The van der Waals surface area contributed by atoms with Crippen LogP contribution in [0.4, 0.5) is 0 Å². The number of hydrogen-bond acceptors (Lipinski definition) is 3. The molecule has 0 radical (unpaired) electrons. The fourth-order valence-corrected chi connectivity index (χ4v) is 6.30. The molecule has 0 heterocycles. The molecule has 0 bridgehead atoms. The molecule has 3 N–H and O–H groups in total. The van der Waals surface area contributed by atoms with E-state index in [0.717, 1.165) is 25.7 Å². The van der Waals surface area contributed by atoms with Crippen LogP contribution in [0, 0.1) is 23.7 Å². The third-order valence-corrected chi connectivity index (χ3v) is 8.03. The number of aliphatic hydroxyl groups is 3. The Morgan fingerprint density at radius 3 is 1.52 bits per heavy atom. The van der Waals surface area contributed by atoms with Crippen LogP contribution in [0.1, 0.15) is 109 Å². The van der Waals surface area contributed by atoms with E-state index in [2.05, 4.69) is 0 Å². The molecule has 0 spiro atoms. The highest BCUT2D eigenvalue weighted by atomic mass is 16.3. The second-order valence-corrected chi connectivity index (χ2v) is 10.1. The summed E-state index contributed by atoms with van der Waals surface area (Å²) in [7, 11) is 0. The van der Waals surface area contributed by atoms with Crippen molar-refractivity contribution < 1.29 is 15.3 Å². The van der Waals surface area contributed by atoms with Gasteiger partial charge >= 0.3 is 0 Å². The predicted molar refractivity (Wildman–Crippen MR) is 110 cm³/mol. The summed E-state index contributed by atoms with van der Waals surface area (Å²) in [6.07, 6.45) is 18.3. The van der Waals surface area contributed by atoms with Crippen LogP contribution in [0.25, 0.3) is 0 Å². The third-order valence-electron chi connectivity index (χ3n) is 8.03. The molecule has 2 unspecified atom stereocenters. The van der Waals surface area contributed by atoms with Crippen molar-refractivity contribution in [3.63, 3.8) is 0 Å². The first-order valence-electron chi connectivity index (χ1n) is 12.2. The predicted octanol–water partition coefficient (Wildman–Crippen LogP) is 5.21. The molecule has 0 saturated heterocycles. The summed E-state index contributed by atoms with van der Waals surface area (Å²) in [5.41, 5.74) is 0. The van der Waals surface area contributed by atoms with Gasteiger partial charge in [-0.1, -0.05) is 83.5 Å². The van der Waals surface area contributed by atoms with Gasteiger partial charge in [-0.15, -0.1) is 0 Å². The van der Waals surface area contributed by atoms with Gasteiger partial charge in [0.25, 0.3) is 0 Å². The number of rotatable bonds is 8. The Morgan fingerprint density at radius 1 is 0.556 bits per heavy atom. The molecule has 0 aromatic rings. The van der Waals surface area contributed by atoms with Crippen molar-refractivity contribution in [2.24, 2.45) is 23.7 Å². The number of aliphatic hydroxyl groups excluding tert-OH is 3. The van der Waals surface area contributed by atoms with Gasteiger partial charge in [0.2, 0.25) is 0 Å². The Hall–Kier alpha value is -0.120. The van der Waals surface area contributed by atoms with Gasteiger partial charge in [-0.2, -0.15) is 0 Å². The summed E-state index contributed by atoms with van der Waals surface area (Å²) in [5.74, 6) is 1.36. The molecule has 3 rings (SSSR count). The first kappa shape index (κ1) is 21.6. The van der Waals surface area contributed by atoms with E-state index in [-0.39, 0.29) is 5.92 Å². The van der Waals surface area contributed by atoms with E-state index in [1.165, 1.54) is 83.5 Å². The van der Waals surface area contributed by atoms with Crippen LogP contribution < -0.4 is 0 Å². The van der Waals surface area contributed by atoms with E-state index in [4.69, 9.17) is 0 Å². The van der Waals surface area contributed by atoms with Crippen molar-refractivity contribution in [2.45, 2.75) is 127 Å². The summed E-state index contributed by atoms with van der Waals surface area (Å²) in [6, 6.07) is 0. The molecule has 4 atom stereocenters. The third kappa shape index (κ3) is 6.44. The SMILES string of the molecule is OC(C1CCCCC1)[C@@H](CC1CCCCC1)C(O)[C@H](O)CC1CCCCC1. The van der Waals surface area contributed by atoms with Gasteiger partial charge in [0.1, 0.15) is 0 Å². The van der Waals surface area contributed by atoms with Crippen molar-refractivity contribution in [1.29, 1.82) is 0 Å². The Morgan fingerprint density at radius 2 is 1.00 bits per heavy atom. The molecule has 3 saturated carbocycles. The second kappa shape index (κ2) is 11.2. The Kier molecular flexibility index (Phi) is 8.93. The molecular weight excluding hydrogens is 336 g/mol. The zero-order valence-electron chi connectivity index (χ0n) is 17.4. The van der Waals surface area contributed by atoms with Gasteiger partial charge in [-0.25, -0.2) is 0 Å². The average Bonchev–Trinajstić information content (AvgIpc) is 2.73. The molecule has 3 heteroatoms. The highest BCUT2D eigenvalue weighted by Crippen LogP contribution is 2.38. The van der Waals surface area contributed by atoms with E-state index >= 15 is 0 Å². The highest BCUT2D eigenvalue weighted by Gasteiger charge is 2.38. The molecule has 3 aliphatic carbocycles. The number of hydrogen-bond donors (Lipinski definition) is 3. The van der Waals surface area contributed by atoms with Crippen LogP contribution >= 0.6 is 0 Å². The Balaban J connectivity index is 1.62. The second-order valence-electron chi connectivity index (χ2n) is 10.1.